The van der Waals surface area contributed by atoms with Crippen LogP contribution in [0.25, 0.3) is 5.78 Å². The van der Waals surface area contributed by atoms with E-state index >= 15 is 0 Å². The van der Waals surface area contributed by atoms with E-state index in [1.165, 1.54) is 36.2 Å². The number of methoxy groups -OCH3 is 2. The summed E-state index contributed by atoms with van der Waals surface area (Å²) in [5.74, 6) is 0.0330. The fourth-order valence-electron chi connectivity index (χ4n) is 2.35. The third-order valence-corrected chi connectivity index (χ3v) is 3.52. The van der Waals surface area contributed by atoms with E-state index in [-0.39, 0.29) is 12.1 Å². The number of rotatable bonds is 6. The number of halogens is 1. The molecule has 0 aliphatic carbocycles. The molecule has 0 radical (unpaired) electrons. The van der Waals surface area contributed by atoms with Gasteiger partial charge in [0.1, 0.15) is 18.0 Å². The predicted molar refractivity (Wildman–Crippen MR) is 86.6 cm³/mol. The lowest BCUT2D eigenvalue weighted by Crippen LogP contribution is -2.10. The van der Waals surface area contributed by atoms with Crippen LogP contribution in [0.2, 0.25) is 0 Å². The molecule has 9 heteroatoms. The zero-order chi connectivity index (χ0) is 17.8. The van der Waals surface area contributed by atoms with E-state index in [1.807, 2.05) is 0 Å². The number of ether oxygens (including phenoxy) is 2. The molecule has 1 aromatic carbocycles. The highest BCUT2D eigenvalue weighted by Gasteiger charge is 2.12. The van der Waals surface area contributed by atoms with Crippen molar-refractivity contribution in [2.75, 3.05) is 19.5 Å². The van der Waals surface area contributed by atoms with E-state index in [2.05, 4.69) is 25.1 Å². The largest absolute Gasteiger partial charge is 0.465 e. The third-order valence-electron chi connectivity index (χ3n) is 3.52. The number of anilines is 1. The molecule has 3 aromatic rings. The monoisotopic (exact) mass is 345 g/mol. The van der Waals surface area contributed by atoms with Gasteiger partial charge in [-0.05, 0) is 18.2 Å². The molecular weight excluding hydrogens is 329 g/mol. The molecule has 0 atom stereocenters. The molecule has 2 aromatic heterocycles. The number of nitrogens with zero attached hydrogens (tertiary/aromatic N) is 4. The molecule has 0 aliphatic rings. The number of benzene rings is 1. The van der Waals surface area contributed by atoms with Crippen LogP contribution < -0.4 is 5.32 Å². The van der Waals surface area contributed by atoms with Crippen molar-refractivity contribution in [1.29, 1.82) is 0 Å². The van der Waals surface area contributed by atoms with Crippen molar-refractivity contribution in [3.8, 4) is 0 Å². The fraction of sp³-hybridized carbons (Fsp3) is 0.250. The van der Waals surface area contributed by atoms with Gasteiger partial charge in [0, 0.05) is 25.3 Å². The van der Waals surface area contributed by atoms with Crippen molar-refractivity contribution in [2.45, 2.75) is 13.2 Å². The Morgan fingerprint density at radius 1 is 1.32 bits per heavy atom. The molecule has 0 fully saturated rings. The minimum atomic E-state index is -0.522. The maximum atomic E-state index is 14.0. The van der Waals surface area contributed by atoms with Gasteiger partial charge in [0.2, 0.25) is 0 Å². The van der Waals surface area contributed by atoms with Crippen molar-refractivity contribution in [1.82, 2.24) is 19.6 Å². The molecule has 0 aliphatic heterocycles. The Bertz CT molecular complexity index is 912. The maximum absolute atomic E-state index is 14.0. The summed E-state index contributed by atoms with van der Waals surface area (Å²) in [4.78, 5) is 19.9. The summed E-state index contributed by atoms with van der Waals surface area (Å²) in [6.45, 7) is 0.451. The third kappa shape index (κ3) is 3.56. The normalized spacial score (nSPS) is 10.8. The first-order chi connectivity index (χ1) is 12.1. The van der Waals surface area contributed by atoms with Crippen molar-refractivity contribution in [3.63, 3.8) is 0 Å². The number of hydrogen-bond donors (Lipinski definition) is 1. The first-order valence-corrected chi connectivity index (χ1v) is 7.41. The first-order valence-electron chi connectivity index (χ1n) is 7.41. The van der Waals surface area contributed by atoms with Crippen molar-refractivity contribution < 1.29 is 18.7 Å². The van der Waals surface area contributed by atoms with Gasteiger partial charge in [-0.2, -0.15) is 14.6 Å². The van der Waals surface area contributed by atoms with E-state index < -0.39 is 11.8 Å². The highest BCUT2D eigenvalue weighted by Crippen LogP contribution is 2.16. The van der Waals surface area contributed by atoms with Crippen molar-refractivity contribution in [3.05, 3.63) is 53.2 Å². The number of carbonyl (C=O) groups excluding carboxylic acids is 1. The van der Waals surface area contributed by atoms with E-state index in [9.17, 15) is 9.18 Å². The van der Waals surface area contributed by atoms with Gasteiger partial charge in [0.15, 0.2) is 0 Å². The van der Waals surface area contributed by atoms with Gasteiger partial charge < -0.3 is 14.8 Å². The summed E-state index contributed by atoms with van der Waals surface area (Å²) in [5.41, 5.74) is 1.26. The molecule has 3 rings (SSSR count). The summed E-state index contributed by atoms with van der Waals surface area (Å²) in [6.07, 6.45) is 1.38. The average molecular weight is 345 g/mol. The number of hydrogen-bond acceptors (Lipinski definition) is 7. The zero-order valence-corrected chi connectivity index (χ0v) is 13.7. The van der Waals surface area contributed by atoms with Gasteiger partial charge in [0.25, 0.3) is 5.78 Å². The molecule has 0 unspecified atom stereocenters. The van der Waals surface area contributed by atoms with Gasteiger partial charge in [0.05, 0.1) is 25.0 Å². The Labute approximate surface area is 142 Å². The SMILES string of the molecule is COCc1cc(NCc2cc(C(=O)OC)ccc2F)n2ncnc2n1. The van der Waals surface area contributed by atoms with Gasteiger partial charge in [-0.1, -0.05) is 0 Å². The number of carbonyl (C=O) groups is 1. The molecule has 2 heterocycles. The molecule has 25 heavy (non-hydrogen) atoms. The van der Waals surface area contributed by atoms with Crippen LogP contribution in [0, 0.1) is 5.82 Å². The van der Waals surface area contributed by atoms with Crippen LogP contribution in [-0.4, -0.2) is 39.8 Å². The topological polar surface area (TPSA) is 90.6 Å². The zero-order valence-electron chi connectivity index (χ0n) is 13.7. The van der Waals surface area contributed by atoms with Crippen LogP contribution in [0.4, 0.5) is 10.2 Å². The molecule has 0 spiro atoms. The molecule has 130 valence electrons. The van der Waals surface area contributed by atoms with Gasteiger partial charge in [-0.3, -0.25) is 0 Å². The van der Waals surface area contributed by atoms with Crippen LogP contribution in [0.5, 0.6) is 0 Å². The van der Waals surface area contributed by atoms with Gasteiger partial charge >= 0.3 is 5.97 Å². The van der Waals surface area contributed by atoms with Crippen molar-refractivity contribution >= 4 is 17.6 Å². The number of esters is 1. The average Bonchev–Trinajstić information content (AvgIpc) is 3.09. The minimum Gasteiger partial charge on any atom is -0.465 e. The maximum Gasteiger partial charge on any atom is 0.337 e. The Kier molecular flexibility index (Phi) is 4.85. The van der Waals surface area contributed by atoms with Crippen LogP contribution in [0.15, 0.2) is 30.6 Å². The standard InChI is InChI=1S/C16H16FN5O3/c1-24-8-12-6-14(22-16(21-12)19-9-20-22)18-7-11-5-10(15(23)25-2)3-4-13(11)17/h3-6,9,18H,7-8H2,1-2H3. The summed E-state index contributed by atoms with van der Waals surface area (Å²) in [5, 5.41) is 7.17. The molecule has 8 nitrogen and oxygen atoms in total. The summed E-state index contributed by atoms with van der Waals surface area (Å²) < 4.78 is 25.3. The Balaban J connectivity index is 1.87. The summed E-state index contributed by atoms with van der Waals surface area (Å²) >= 11 is 0. The summed E-state index contributed by atoms with van der Waals surface area (Å²) in [7, 11) is 2.84. The number of fused-ring (bicyclic) bond motifs is 1. The predicted octanol–water partition coefficient (Wildman–Crippen LogP) is 1.81. The molecule has 0 bridgehead atoms. The summed E-state index contributed by atoms with van der Waals surface area (Å²) in [6, 6.07) is 5.80. The second kappa shape index (κ2) is 7.22. The molecule has 0 amide bonds. The van der Waals surface area contributed by atoms with E-state index in [0.717, 1.165) is 0 Å². The quantitative estimate of drug-likeness (QED) is 0.681. The lowest BCUT2D eigenvalue weighted by atomic mass is 10.1. The van der Waals surface area contributed by atoms with Crippen LogP contribution in [0.3, 0.4) is 0 Å². The number of aromatic nitrogens is 4. The Morgan fingerprint density at radius 3 is 2.92 bits per heavy atom. The van der Waals surface area contributed by atoms with Crippen LogP contribution in [-0.2, 0) is 22.6 Å². The smallest absolute Gasteiger partial charge is 0.337 e. The van der Waals surface area contributed by atoms with Crippen LogP contribution >= 0.6 is 0 Å². The second-order valence-corrected chi connectivity index (χ2v) is 5.19. The first kappa shape index (κ1) is 16.8. The van der Waals surface area contributed by atoms with Crippen LogP contribution in [0.1, 0.15) is 21.6 Å². The molecular formula is C16H16FN5O3. The van der Waals surface area contributed by atoms with E-state index in [0.29, 0.717) is 29.5 Å². The number of nitrogens with one attached hydrogen (secondary N) is 1. The van der Waals surface area contributed by atoms with E-state index in [4.69, 9.17) is 4.74 Å². The van der Waals surface area contributed by atoms with Crippen molar-refractivity contribution in [2.24, 2.45) is 0 Å². The highest BCUT2D eigenvalue weighted by molar-refractivity contribution is 5.89. The minimum absolute atomic E-state index is 0.141. The molecule has 1 N–H and O–H groups in total. The molecule has 0 saturated carbocycles. The Hall–Kier alpha value is -3.07. The Morgan fingerprint density at radius 2 is 2.16 bits per heavy atom. The lowest BCUT2D eigenvalue weighted by molar-refractivity contribution is 0.0600. The van der Waals surface area contributed by atoms with Gasteiger partial charge in [-0.15, -0.1) is 0 Å². The van der Waals surface area contributed by atoms with Gasteiger partial charge in [-0.25, -0.2) is 14.2 Å². The fourth-order valence-corrected chi connectivity index (χ4v) is 2.35. The molecule has 0 saturated heterocycles. The lowest BCUT2D eigenvalue weighted by Gasteiger charge is -2.11. The highest BCUT2D eigenvalue weighted by atomic mass is 19.1. The van der Waals surface area contributed by atoms with E-state index in [1.54, 1.807) is 13.2 Å². The second-order valence-electron chi connectivity index (χ2n) is 5.19.